The molecule has 0 aromatic carbocycles. The van der Waals surface area contributed by atoms with E-state index in [0.717, 1.165) is 0 Å². The zero-order valence-corrected chi connectivity index (χ0v) is 11.6. The highest BCUT2D eigenvalue weighted by molar-refractivity contribution is 7.80. The van der Waals surface area contributed by atoms with E-state index in [9.17, 15) is 4.79 Å². The number of hydrogen-bond donors (Lipinski definition) is 2. The van der Waals surface area contributed by atoms with Gasteiger partial charge in [0.1, 0.15) is 15.7 Å². The molecule has 7 heteroatoms. The summed E-state index contributed by atoms with van der Waals surface area (Å²) < 4.78 is 0. The molecule has 0 spiro atoms. The lowest BCUT2D eigenvalue weighted by Gasteiger charge is -2.32. The molecule has 1 amide bonds. The first kappa shape index (κ1) is 13.9. The predicted octanol–water partition coefficient (Wildman–Crippen LogP) is 2.06. The second kappa shape index (κ2) is 4.97. The van der Waals surface area contributed by atoms with E-state index in [1.54, 1.807) is 5.38 Å². The van der Waals surface area contributed by atoms with Crippen molar-refractivity contribution < 1.29 is 9.90 Å². The second-order valence-electron chi connectivity index (χ2n) is 4.53. The number of hydrogen-bond acceptors (Lipinski definition) is 4. The van der Waals surface area contributed by atoms with Gasteiger partial charge in [0.05, 0.1) is 6.54 Å². The Bertz CT molecular complexity index is 437. The van der Waals surface area contributed by atoms with E-state index in [1.807, 2.05) is 20.8 Å². The first-order chi connectivity index (χ1) is 7.71. The van der Waals surface area contributed by atoms with Crippen molar-refractivity contribution in [3.8, 4) is 0 Å². The third-order valence-electron chi connectivity index (χ3n) is 2.14. The fourth-order valence-electron chi connectivity index (χ4n) is 1.22. The summed E-state index contributed by atoms with van der Waals surface area (Å²) in [5, 5.41) is 11.6. The lowest BCUT2D eigenvalue weighted by molar-refractivity contribution is 0.0955. The van der Waals surface area contributed by atoms with Crippen LogP contribution in [0.25, 0.3) is 0 Å². The third kappa shape index (κ3) is 3.64. The molecule has 0 bridgehead atoms. The summed E-state index contributed by atoms with van der Waals surface area (Å²) in [5.74, 6) is 0. The van der Waals surface area contributed by atoms with Crippen molar-refractivity contribution in [3.05, 3.63) is 16.1 Å². The lowest BCUT2D eigenvalue weighted by Crippen LogP contribution is -2.44. The molecule has 1 rings (SSSR count). The molecule has 94 valence electrons. The number of aromatic nitrogens is 1. The zero-order chi connectivity index (χ0) is 13.2. The molecule has 0 atom stereocenters. The van der Waals surface area contributed by atoms with Gasteiger partial charge in [-0.05, 0) is 20.8 Å². The Hall–Kier alpha value is -1.21. The fraction of sp³-hybridized carbons (Fsp3) is 0.500. The van der Waals surface area contributed by atoms with Crippen LogP contribution < -0.4 is 5.73 Å². The molecule has 3 N–H and O–H groups in total. The predicted molar refractivity (Wildman–Crippen MR) is 71.3 cm³/mol. The van der Waals surface area contributed by atoms with Crippen molar-refractivity contribution in [2.75, 3.05) is 0 Å². The minimum Gasteiger partial charge on any atom is -0.465 e. The quantitative estimate of drug-likeness (QED) is 0.824. The highest BCUT2D eigenvalue weighted by Gasteiger charge is 2.27. The summed E-state index contributed by atoms with van der Waals surface area (Å²) in [6.07, 6.45) is -0.968. The molecule has 17 heavy (non-hydrogen) atoms. The molecule has 0 saturated carbocycles. The topological polar surface area (TPSA) is 79.5 Å². The molecule has 1 aromatic rings. The van der Waals surface area contributed by atoms with Gasteiger partial charge in [-0.2, -0.15) is 0 Å². The van der Waals surface area contributed by atoms with Gasteiger partial charge in [-0.25, -0.2) is 9.78 Å². The molecule has 5 nitrogen and oxygen atoms in total. The molecule has 0 saturated heterocycles. The number of carboxylic acid groups (broad SMARTS) is 1. The Morgan fingerprint density at radius 3 is 2.59 bits per heavy atom. The first-order valence-electron chi connectivity index (χ1n) is 4.96. The fourth-order valence-corrected chi connectivity index (χ4v) is 2.18. The Balaban J connectivity index is 2.87. The second-order valence-corrected chi connectivity index (χ2v) is 5.91. The molecule has 0 aliphatic heterocycles. The number of thiocarbonyl (C=S) groups is 1. The summed E-state index contributed by atoms with van der Waals surface area (Å²) in [6, 6.07) is 0. The number of thiazole rings is 1. The Kier molecular flexibility index (Phi) is 4.05. The highest BCUT2D eigenvalue weighted by atomic mass is 32.1. The summed E-state index contributed by atoms with van der Waals surface area (Å²) in [6.45, 7) is 5.75. The van der Waals surface area contributed by atoms with Crippen molar-refractivity contribution in [3.63, 3.8) is 0 Å². The van der Waals surface area contributed by atoms with Crippen LogP contribution in [0.5, 0.6) is 0 Å². The normalized spacial score (nSPS) is 11.2. The third-order valence-corrected chi connectivity index (χ3v) is 3.18. The van der Waals surface area contributed by atoms with Gasteiger partial charge in [-0.15, -0.1) is 11.3 Å². The van der Waals surface area contributed by atoms with Gasteiger partial charge in [0.25, 0.3) is 0 Å². The van der Waals surface area contributed by atoms with Gasteiger partial charge in [-0.1, -0.05) is 12.2 Å². The van der Waals surface area contributed by atoms with Crippen molar-refractivity contribution in [1.82, 2.24) is 9.88 Å². The van der Waals surface area contributed by atoms with E-state index in [4.69, 9.17) is 23.1 Å². The van der Waals surface area contributed by atoms with Crippen LogP contribution in [0.3, 0.4) is 0 Å². The average Bonchev–Trinajstić information content (AvgIpc) is 2.59. The van der Waals surface area contributed by atoms with Gasteiger partial charge in [-0.3, -0.25) is 4.90 Å². The van der Waals surface area contributed by atoms with Crippen LogP contribution in [0.4, 0.5) is 4.79 Å². The van der Waals surface area contributed by atoms with Crippen LogP contribution in [-0.4, -0.2) is 31.6 Å². The largest absolute Gasteiger partial charge is 0.465 e. The van der Waals surface area contributed by atoms with Crippen molar-refractivity contribution in [1.29, 1.82) is 0 Å². The van der Waals surface area contributed by atoms with Crippen LogP contribution in [0.1, 0.15) is 31.5 Å². The Labute approximate surface area is 109 Å². The lowest BCUT2D eigenvalue weighted by atomic mass is 10.1. The number of rotatable bonds is 3. The molecule has 1 aromatic heterocycles. The number of nitrogens with zero attached hydrogens (tertiary/aromatic N) is 2. The molecular formula is C10H15N3O2S2. The molecule has 0 aliphatic rings. The van der Waals surface area contributed by atoms with E-state index >= 15 is 0 Å². The molecular weight excluding hydrogens is 258 g/mol. The van der Waals surface area contributed by atoms with E-state index < -0.39 is 11.6 Å². The molecule has 1 heterocycles. The maximum absolute atomic E-state index is 11.1. The summed E-state index contributed by atoms with van der Waals surface area (Å²) >= 11 is 6.16. The van der Waals surface area contributed by atoms with Gasteiger partial charge in [0.15, 0.2) is 0 Å². The standard InChI is InChI=1S/C10H15N3O2S2/c1-10(2,3)13(9(14)15)4-7-12-6(5-17-7)8(11)16/h5H,4H2,1-3H3,(H2,11,16)(H,14,15). The average molecular weight is 273 g/mol. The van der Waals surface area contributed by atoms with Crippen LogP contribution in [0.15, 0.2) is 5.38 Å². The summed E-state index contributed by atoms with van der Waals surface area (Å²) in [5.41, 5.74) is 5.52. The van der Waals surface area contributed by atoms with Gasteiger partial charge in [0, 0.05) is 10.9 Å². The molecule has 0 radical (unpaired) electrons. The van der Waals surface area contributed by atoms with Crippen molar-refractivity contribution in [2.45, 2.75) is 32.9 Å². The molecule has 0 aliphatic carbocycles. The smallest absolute Gasteiger partial charge is 0.408 e. The Morgan fingerprint density at radius 1 is 1.65 bits per heavy atom. The van der Waals surface area contributed by atoms with Crippen molar-refractivity contribution >= 4 is 34.6 Å². The van der Waals surface area contributed by atoms with E-state index in [1.165, 1.54) is 16.2 Å². The van der Waals surface area contributed by atoms with Crippen LogP contribution in [0, 0.1) is 0 Å². The zero-order valence-electron chi connectivity index (χ0n) is 9.93. The SMILES string of the molecule is CC(C)(C)N(Cc1nc(C(N)=S)cs1)C(=O)O. The summed E-state index contributed by atoms with van der Waals surface area (Å²) in [4.78, 5) is 16.9. The maximum Gasteiger partial charge on any atom is 0.408 e. The number of carbonyl (C=O) groups is 1. The number of amides is 1. The van der Waals surface area contributed by atoms with Crippen LogP contribution in [0.2, 0.25) is 0 Å². The number of nitrogens with two attached hydrogens (primary N) is 1. The van der Waals surface area contributed by atoms with Crippen molar-refractivity contribution in [2.24, 2.45) is 5.73 Å². The summed E-state index contributed by atoms with van der Waals surface area (Å²) in [7, 11) is 0. The minimum absolute atomic E-state index is 0.227. The van der Waals surface area contributed by atoms with Crippen LogP contribution in [-0.2, 0) is 6.54 Å². The molecule has 0 unspecified atom stereocenters. The van der Waals surface area contributed by atoms with E-state index in [0.29, 0.717) is 10.7 Å². The molecule has 0 fully saturated rings. The van der Waals surface area contributed by atoms with Crippen LogP contribution >= 0.6 is 23.6 Å². The minimum atomic E-state index is -0.968. The van der Waals surface area contributed by atoms with E-state index in [-0.39, 0.29) is 11.5 Å². The van der Waals surface area contributed by atoms with Gasteiger partial charge in [0.2, 0.25) is 0 Å². The van der Waals surface area contributed by atoms with Gasteiger partial charge < -0.3 is 10.8 Å². The Morgan fingerprint density at radius 2 is 2.24 bits per heavy atom. The maximum atomic E-state index is 11.1. The first-order valence-corrected chi connectivity index (χ1v) is 6.25. The highest BCUT2D eigenvalue weighted by Crippen LogP contribution is 2.19. The monoisotopic (exact) mass is 273 g/mol. The van der Waals surface area contributed by atoms with E-state index in [2.05, 4.69) is 4.98 Å². The van der Waals surface area contributed by atoms with Gasteiger partial charge >= 0.3 is 6.09 Å².